The van der Waals surface area contributed by atoms with E-state index in [1.165, 1.54) is 96.6 Å². The molecule has 0 amide bonds. The second-order valence-electron chi connectivity index (χ2n) is 17.8. The Balaban J connectivity index is 0.917. The molecule has 15 aromatic rings. The Morgan fingerprint density at radius 1 is 0.239 bits per heavy atom. The molecule has 0 atom stereocenters. The first kappa shape index (κ1) is 36.8. The maximum atomic E-state index is 6.65. The van der Waals surface area contributed by atoms with Gasteiger partial charge in [-0.1, -0.05) is 188 Å². The van der Waals surface area contributed by atoms with E-state index in [-0.39, 0.29) is 0 Å². The molecule has 15 rings (SSSR count). The van der Waals surface area contributed by atoms with Crippen LogP contribution in [0.25, 0.3) is 152 Å². The molecule has 3 heterocycles. The first-order chi connectivity index (χ1) is 33.2. The van der Waals surface area contributed by atoms with Crippen molar-refractivity contribution in [1.29, 1.82) is 0 Å². The van der Waals surface area contributed by atoms with E-state index in [0.717, 1.165) is 55.0 Å². The molecule has 67 heavy (non-hydrogen) atoms. The summed E-state index contributed by atoms with van der Waals surface area (Å²) in [4.78, 5) is 0. The van der Waals surface area contributed by atoms with Crippen LogP contribution < -0.4 is 0 Å². The average Bonchev–Trinajstić information content (AvgIpc) is 4.08. The predicted molar refractivity (Wildman–Crippen MR) is 286 cm³/mol. The van der Waals surface area contributed by atoms with Gasteiger partial charge in [-0.2, -0.15) is 0 Å². The van der Waals surface area contributed by atoms with Gasteiger partial charge in [-0.25, -0.2) is 0 Å². The summed E-state index contributed by atoms with van der Waals surface area (Å²) in [6.45, 7) is 0. The van der Waals surface area contributed by atoms with Gasteiger partial charge in [0.2, 0.25) is 0 Å². The first-order valence-electron chi connectivity index (χ1n) is 22.9. The highest BCUT2D eigenvalue weighted by Crippen LogP contribution is 2.50. The first-order valence-corrected chi connectivity index (χ1v) is 23.7. The Bertz CT molecular complexity index is 4470. The molecule has 0 saturated carbocycles. The van der Waals surface area contributed by atoms with E-state index < -0.39 is 0 Å². The molecule has 0 N–H and O–H groups in total. The fourth-order valence-electron chi connectivity index (χ4n) is 11.4. The molecule has 310 valence electrons. The van der Waals surface area contributed by atoms with Crippen LogP contribution in [0.1, 0.15) is 0 Å². The summed E-state index contributed by atoms with van der Waals surface area (Å²) in [6.07, 6.45) is 0. The molecule has 0 bridgehead atoms. The van der Waals surface area contributed by atoms with Crippen molar-refractivity contribution >= 4 is 118 Å². The Hall–Kier alpha value is -8.50. The molecular weight excluding hydrogens is 833 g/mol. The van der Waals surface area contributed by atoms with E-state index in [1.807, 2.05) is 23.5 Å². The number of rotatable bonds is 4. The Labute approximate surface area is 388 Å². The lowest BCUT2D eigenvalue weighted by Crippen LogP contribution is -1.91. The molecule has 0 unspecified atom stereocenters. The number of fused-ring (bicyclic) bond motifs is 13. The molecule has 0 aliphatic heterocycles. The summed E-state index contributed by atoms with van der Waals surface area (Å²) in [5.74, 6) is 0. The maximum Gasteiger partial charge on any atom is 0.143 e. The minimum atomic E-state index is 0.909. The van der Waals surface area contributed by atoms with Gasteiger partial charge in [-0.3, -0.25) is 0 Å². The molecule has 0 fully saturated rings. The van der Waals surface area contributed by atoms with E-state index in [2.05, 4.69) is 206 Å². The summed E-state index contributed by atoms with van der Waals surface area (Å²) in [5, 5.41) is 16.9. The second kappa shape index (κ2) is 14.0. The Kier molecular flexibility index (Phi) is 7.69. The molecular formula is C64H36O2S. The Morgan fingerprint density at radius 2 is 0.612 bits per heavy atom. The summed E-state index contributed by atoms with van der Waals surface area (Å²) >= 11 is 1.88. The number of hydrogen-bond donors (Lipinski definition) is 0. The van der Waals surface area contributed by atoms with Crippen LogP contribution in [0, 0.1) is 0 Å². The lowest BCUT2D eigenvalue weighted by Gasteiger charge is -2.18. The molecule has 0 spiro atoms. The van der Waals surface area contributed by atoms with Crippen LogP contribution in [0.4, 0.5) is 0 Å². The van der Waals surface area contributed by atoms with Crippen LogP contribution in [0.5, 0.6) is 0 Å². The van der Waals surface area contributed by atoms with Crippen molar-refractivity contribution in [1.82, 2.24) is 0 Å². The Morgan fingerprint density at radius 3 is 1.07 bits per heavy atom. The highest BCUT2D eigenvalue weighted by Gasteiger charge is 2.23. The molecule has 0 aliphatic rings. The van der Waals surface area contributed by atoms with Gasteiger partial charge in [-0.05, 0) is 95.7 Å². The minimum Gasteiger partial charge on any atom is -0.455 e. The third kappa shape index (κ3) is 5.26. The van der Waals surface area contributed by atoms with Crippen LogP contribution in [0.2, 0.25) is 0 Å². The maximum absolute atomic E-state index is 6.65. The summed E-state index contributed by atoms with van der Waals surface area (Å²) in [6, 6.07) is 79.7. The molecule has 0 saturated heterocycles. The van der Waals surface area contributed by atoms with E-state index in [4.69, 9.17) is 8.83 Å². The van der Waals surface area contributed by atoms with Crippen LogP contribution >= 0.6 is 11.3 Å². The number of thiophene rings is 1. The van der Waals surface area contributed by atoms with Gasteiger partial charge in [0.1, 0.15) is 22.3 Å². The fraction of sp³-hybridized carbons (Fsp3) is 0. The quantitative estimate of drug-likeness (QED) is 0.165. The van der Waals surface area contributed by atoms with E-state index in [9.17, 15) is 0 Å². The lowest BCUT2D eigenvalue weighted by molar-refractivity contribution is 0.669. The molecule has 12 aromatic carbocycles. The minimum absolute atomic E-state index is 0.909. The van der Waals surface area contributed by atoms with Gasteiger partial charge in [0.15, 0.2) is 0 Å². The van der Waals surface area contributed by atoms with Crippen molar-refractivity contribution in [2.45, 2.75) is 0 Å². The lowest BCUT2D eigenvalue weighted by atomic mass is 9.85. The number of furan rings is 2. The van der Waals surface area contributed by atoms with Gasteiger partial charge in [0.25, 0.3) is 0 Å². The summed E-state index contributed by atoms with van der Waals surface area (Å²) < 4.78 is 15.9. The zero-order valence-electron chi connectivity index (χ0n) is 36.0. The van der Waals surface area contributed by atoms with Crippen molar-refractivity contribution in [3.8, 4) is 44.5 Å². The van der Waals surface area contributed by atoms with Crippen LogP contribution in [-0.2, 0) is 0 Å². The zero-order valence-corrected chi connectivity index (χ0v) is 36.8. The highest BCUT2D eigenvalue weighted by atomic mass is 32.1. The molecule has 3 aromatic heterocycles. The van der Waals surface area contributed by atoms with Crippen molar-refractivity contribution in [2.24, 2.45) is 0 Å². The topological polar surface area (TPSA) is 26.3 Å². The van der Waals surface area contributed by atoms with E-state index in [1.54, 1.807) is 0 Å². The van der Waals surface area contributed by atoms with Gasteiger partial charge in [-0.15, -0.1) is 11.3 Å². The predicted octanol–water partition coefficient (Wildman–Crippen LogP) is 19.1. The van der Waals surface area contributed by atoms with Gasteiger partial charge >= 0.3 is 0 Å². The number of benzene rings is 12. The van der Waals surface area contributed by atoms with Crippen LogP contribution in [-0.4, -0.2) is 0 Å². The average molecular weight is 869 g/mol. The summed E-state index contributed by atoms with van der Waals surface area (Å²) in [5.41, 5.74) is 13.2. The second-order valence-corrected chi connectivity index (χ2v) is 18.9. The fourth-order valence-corrected chi connectivity index (χ4v) is 12.6. The third-order valence-electron chi connectivity index (χ3n) is 14.3. The largest absolute Gasteiger partial charge is 0.455 e. The van der Waals surface area contributed by atoms with Crippen molar-refractivity contribution in [3.05, 3.63) is 218 Å². The smallest absolute Gasteiger partial charge is 0.143 e. The van der Waals surface area contributed by atoms with Gasteiger partial charge < -0.3 is 8.83 Å². The normalized spacial score (nSPS) is 12.2. The monoisotopic (exact) mass is 868 g/mol. The van der Waals surface area contributed by atoms with Crippen LogP contribution in [0.15, 0.2) is 227 Å². The van der Waals surface area contributed by atoms with Crippen molar-refractivity contribution < 1.29 is 8.83 Å². The SMILES string of the molecule is c1ccc2c(c1)oc1c(-c3c4ccccc4c(-c4ccc5c(c4)sc4ccc(-c6c7ccccc7c(-c7cccc8c7oc7ccccc78)c7ccccc67)cc45)c4ccccc34)cccc12. The van der Waals surface area contributed by atoms with E-state index >= 15 is 0 Å². The van der Waals surface area contributed by atoms with E-state index in [0.29, 0.717) is 0 Å². The van der Waals surface area contributed by atoms with Gasteiger partial charge in [0.05, 0.1) is 0 Å². The van der Waals surface area contributed by atoms with Crippen molar-refractivity contribution in [2.75, 3.05) is 0 Å². The third-order valence-corrected chi connectivity index (χ3v) is 15.4. The molecule has 0 radical (unpaired) electrons. The zero-order chi connectivity index (χ0) is 43.7. The number of hydrogen-bond acceptors (Lipinski definition) is 3. The highest BCUT2D eigenvalue weighted by molar-refractivity contribution is 7.25. The molecule has 3 heteroatoms. The van der Waals surface area contributed by atoms with Crippen LogP contribution in [0.3, 0.4) is 0 Å². The number of para-hydroxylation sites is 4. The molecule has 0 aliphatic carbocycles. The molecule has 2 nitrogen and oxygen atoms in total. The standard InChI is InChI=1S/C64H36O2S/c1-5-21-46-42(17-1)59(43-18-2-6-22-47(43)61(46)52-27-13-25-50-39-15-9-11-29-55(39)65-63(50)52)37-32-34-57-54(35-37)41-33-31-38(36-58(41)67-57)60-44-19-3-7-23-48(44)62(49-24-8-4-20-45(49)60)53-28-14-26-51-40-16-10-12-30-56(40)66-64(51)53/h1-36H. The summed E-state index contributed by atoms with van der Waals surface area (Å²) in [7, 11) is 0. The van der Waals surface area contributed by atoms with Crippen molar-refractivity contribution in [3.63, 3.8) is 0 Å². The van der Waals surface area contributed by atoms with Gasteiger partial charge in [0, 0.05) is 64.0 Å².